The van der Waals surface area contributed by atoms with Crippen molar-refractivity contribution in [1.29, 1.82) is 0 Å². The summed E-state index contributed by atoms with van der Waals surface area (Å²) in [4.78, 5) is 28.7. The fourth-order valence-electron chi connectivity index (χ4n) is 7.18. The first kappa shape index (κ1) is 32.6. The number of benzene rings is 1. The first-order valence-corrected chi connectivity index (χ1v) is 16.3. The zero-order valence-corrected chi connectivity index (χ0v) is 26.5. The van der Waals surface area contributed by atoms with Crippen LogP contribution < -0.4 is 15.4 Å². The Bertz CT molecular complexity index is 1470. The highest BCUT2D eigenvalue weighted by Gasteiger charge is 2.48. The molecular weight excluding hydrogens is 570 g/mol. The van der Waals surface area contributed by atoms with Crippen LogP contribution in [0.4, 0.5) is 0 Å². The van der Waals surface area contributed by atoms with Crippen LogP contribution in [0.25, 0.3) is 0 Å². The number of methoxy groups -OCH3 is 1. The van der Waals surface area contributed by atoms with Crippen LogP contribution in [0.15, 0.2) is 65.2 Å². The van der Waals surface area contributed by atoms with Gasteiger partial charge in [-0.25, -0.2) is 0 Å². The van der Waals surface area contributed by atoms with Gasteiger partial charge in [0, 0.05) is 60.3 Å². The van der Waals surface area contributed by atoms with Crippen LogP contribution in [-0.2, 0) is 22.4 Å². The lowest BCUT2D eigenvalue weighted by molar-refractivity contribution is -0.138. The molecule has 45 heavy (non-hydrogen) atoms. The van der Waals surface area contributed by atoms with Crippen LogP contribution >= 0.6 is 0 Å². The Balaban J connectivity index is 1.46. The normalized spacial score (nSPS) is 21.2. The van der Waals surface area contributed by atoms with Crippen molar-refractivity contribution in [2.24, 2.45) is 5.41 Å². The van der Waals surface area contributed by atoms with Crippen molar-refractivity contribution in [3.63, 3.8) is 0 Å². The molecule has 0 radical (unpaired) electrons. The highest BCUT2D eigenvalue weighted by molar-refractivity contribution is 6.05. The van der Waals surface area contributed by atoms with Gasteiger partial charge in [-0.15, -0.1) is 0 Å². The first-order chi connectivity index (χ1) is 21.8. The topological polar surface area (TPSA) is 144 Å². The van der Waals surface area contributed by atoms with Gasteiger partial charge >= 0.3 is 0 Å². The summed E-state index contributed by atoms with van der Waals surface area (Å²) < 4.78 is 5.62. The molecule has 2 aromatic rings. The number of hydrogen-bond acceptors (Lipinski definition) is 8. The molecular formula is C36H47N3O6. The van der Waals surface area contributed by atoms with E-state index in [0.717, 1.165) is 72.4 Å². The lowest BCUT2D eigenvalue weighted by atomic mass is 9.59. The lowest BCUT2D eigenvalue weighted by Crippen LogP contribution is -2.44. The Morgan fingerprint density at radius 2 is 1.91 bits per heavy atom. The number of aromatic hydroxyl groups is 1. The summed E-state index contributed by atoms with van der Waals surface area (Å²) in [5, 5.41) is 40.2. The number of aliphatic hydroxyl groups is 2. The quantitative estimate of drug-likeness (QED) is 0.119. The van der Waals surface area contributed by atoms with Crippen molar-refractivity contribution in [1.82, 2.24) is 15.6 Å². The van der Waals surface area contributed by atoms with E-state index >= 15 is 0 Å². The Kier molecular flexibility index (Phi) is 10.5. The van der Waals surface area contributed by atoms with Crippen LogP contribution in [0, 0.1) is 5.41 Å². The first-order valence-electron chi connectivity index (χ1n) is 16.3. The summed E-state index contributed by atoms with van der Waals surface area (Å²) in [5.74, 6) is -0.143. The fourth-order valence-corrected chi connectivity index (χ4v) is 7.18. The van der Waals surface area contributed by atoms with E-state index in [4.69, 9.17) is 4.74 Å². The van der Waals surface area contributed by atoms with Crippen LogP contribution in [0.5, 0.6) is 11.5 Å². The molecule has 6 N–H and O–H groups in total. The average Bonchev–Trinajstić information content (AvgIpc) is 3.57. The summed E-state index contributed by atoms with van der Waals surface area (Å²) >= 11 is 0. The molecule has 0 fully saturated rings. The Labute approximate surface area is 265 Å². The van der Waals surface area contributed by atoms with E-state index in [-0.39, 0.29) is 37.4 Å². The summed E-state index contributed by atoms with van der Waals surface area (Å²) in [6.45, 7) is 3.36. The summed E-state index contributed by atoms with van der Waals surface area (Å²) in [6.07, 6.45) is 11.2. The number of nitrogens with one attached hydrogen (secondary N) is 3. The number of ether oxygens (including phenoxy) is 1. The summed E-state index contributed by atoms with van der Waals surface area (Å²) in [5.41, 5.74) is 4.80. The van der Waals surface area contributed by atoms with E-state index in [1.54, 1.807) is 6.07 Å². The molecule has 242 valence electrons. The Morgan fingerprint density at radius 3 is 2.64 bits per heavy atom. The zero-order chi connectivity index (χ0) is 32.0. The number of Topliss-reactive ketones (excluding diaryl/α,β-unsaturated/α-hetero) is 2. The number of carbonyl (C=O) groups is 2. The molecule has 0 bridgehead atoms. The van der Waals surface area contributed by atoms with Gasteiger partial charge in [-0.3, -0.25) is 9.59 Å². The zero-order valence-electron chi connectivity index (χ0n) is 26.5. The van der Waals surface area contributed by atoms with Gasteiger partial charge in [-0.2, -0.15) is 0 Å². The maximum Gasteiger partial charge on any atom is 0.170 e. The molecule has 9 nitrogen and oxygen atoms in total. The van der Waals surface area contributed by atoms with E-state index in [2.05, 4.69) is 34.7 Å². The number of phenols is 1. The third-order valence-corrected chi connectivity index (χ3v) is 9.47. The molecule has 9 heteroatoms. The van der Waals surface area contributed by atoms with Crippen LogP contribution in [0.3, 0.4) is 0 Å². The minimum Gasteiger partial charge on any atom is -0.504 e. The minimum atomic E-state index is -1.62. The van der Waals surface area contributed by atoms with Crippen molar-refractivity contribution in [3.8, 4) is 11.5 Å². The average molecular weight is 618 g/mol. The van der Waals surface area contributed by atoms with Crippen LogP contribution in [0.2, 0.25) is 0 Å². The Morgan fingerprint density at radius 1 is 1.11 bits per heavy atom. The van der Waals surface area contributed by atoms with Gasteiger partial charge in [0.1, 0.15) is 5.82 Å². The van der Waals surface area contributed by atoms with Crippen molar-refractivity contribution in [3.05, 3.63) is 82.0 Å². The fraction of sp³-hybridized carbons (Fsp3) is 0.500. The number of aromatic amines is 1. The number of carbonyl (C=O) groups excluding carboxylic acids is 2. The summed E-state index contributed by atoms with van der Waals surface area (Å²) in [6, 6.07) is 7.53. The van der Waals surface area contributed by atoms with E-state index in [9.17, 15) is 24.9 Å². The van der Waals surface area contributed by atoms with E-state index in [0.29, 0.717) is 24.9 Å². The van der Waals surface area contributed by atoms with Gasteiger partial charge in [-0.05, 0) is 60.6 Å². The number of unbranched alkanes of at least 4 members (excludes halogenated alkanes) is 4. The van der Waals surface area contributed by atoms with Gasteiger partial charge in [-0.1, -0.05) is 50.8 Å². The summed E-state index contributed by atoms with van der Waals surface area (Å²) in [7, 11) is 1.49. The van der Waals surface area contributed by atoms with Crippen molar-refractivity contribution in [2.75, 3.05) is 26.8 Å². The minimum absolute atomic E-state index is 0.0117. The Hall–Kier alpha value is -3.82. The van der Waals surface area contributed by atoms with Gasteiger partial charge in [0.15, 0.2) is 29.2 Å². The van der Waals surface area contributed by atoms with Crippen LogP contribution in [0.1, 0.15) is 81.0 Å². The number of aliphatic hydroxyl groups excluding tert-OH is 2. The van der Waals surface area contributed by atoms with Crippen molar-refractivity contribution >= 4 is 11.6 Å². The van der Waals surface area contributed by atoms with Gasteiger partial charge in [0.05, 0.1) is 13.7 Å². The monoisotopic (exact) mass is 617 g/mol. The number of hydrogen-bond donors (Lipinski definition) is 6. The third-order valence-electron chi connectivity index (χ3n) is 9.47. The molecule has 0 spiro atoms. The number of dihydropyridines is 1. The highest BCUT2D eigenvalue weighted by Crippen LogP contribution is 2.57. The second-order valence-electron chi connectivity index (χ2n) is 12.6. The maximum absolute atomic E-state index is 12.9. The molecule has 2 aliphatic heterocycles. The third kappa shape index (κ3) is 6.89. The number of ketones is 2. The molecule has 5 rings (SSSR count). The molecule has 0 amide bonds. The SMILES string of the molecule is CCCCCCCC(=O)C(O)C(=O)CCc1cc(OC)c(O)c(C2C3=CCNC4=C3C(=CC2(CO)Cc2ccc[nH]2)CCN4)c1. The largest absolute Gasteiger partial charge is 0.504 e. The van der Waals surface area contributed by atoms with Gasteiger partial charge < -0.3 is 35.7 Å². The van der Waals surface area contributed by atoms with E-state index < -0.39 is 29.0 Å². The predicted molar refractivity (Wildman–Crippen MR) is 173 cm³/mol. The molecule has 1 aliphatic carbocycles. The van der Waals surface area contributed by atoms with Gasteiger partial charge in [0.2, 0.25) is 0 Å². The molecule has 3 heterocycles. The number of aromatic nitrogens is 1. The lowest BCUT2D eigenvalue weighted by Gasteiger charge is -2.47. The second kappa shape index (κ2) is 14.5. The van der Waals surface area contributed by atoms with E-state index in [1.807, 2.05) is 24.4 Å². The molecule has 3 aliphatic rings. The number of phenolic OH excluding ortho intramolecular Hbond substituents is 1. The molecule has 0 saturated carbocycles. The predicted octanol–water partition coefficient (Wildman–Crippen LogP) is 4.50. The van der Waals surface area contributed by atoms with Crippen molar-refractivity contribution in [2.45, 2.75) is 83.2 Å². The maximum atomic E-state index is 12.9. The number of H-pyrrole nitrogens is 1. The molecule has 3 atom stereocenters. The number of rotatable bonds is 16. The molecule has 0 saturated heterocycles. The molecule has 3 unspecified atom stereocenters. The van der Waals surface area contributed by atoms with Crippen LogP contribution in [-0.4, -0.2) is 64.8 Å². The highest BCUT2D eigenvalue weighted by atomic mass is 16.5. The second-order valence-corrected chi connectivity index (χ2v) is 12.6. The number of allylic oxidation sites excluding steroid dienone is 2. The smallest absolute Gasteiger partial charge is 0.170 e. The van der Waals surface area contributed by atoms with E-state index in [1.165, 1.54) is 7.11 Å². The standard InChI is InChI=1S/C36H47N3O6/c1-3-4-5-6-7-10-28(41)34(44)29(42)12-11-23-18-27(33(43)30(19-23)45-2)32-26-14-17-39-35-31(26)24(13-16-38-35)20-36(32,22-40)21-25-9-8-15-37-25/h8-9,14-15,18-20,32,34,37-40,43-44H,3-7,10-13,16-17,21-22H2,1-2H3. The van der Waals surface area contributed by atoms with Gasteiger partial charge in [0.25, 0.3) is 0 Å². The van der Waals surface area contributed by atoms with Crippen molar-refractivity contribution < 1.29 is 29.6 Å². The molecule has 1 aromatic heterocycles. The number of aryl methyl sites for hydroxylation is 1. The molecule has 1 aromatic carbocycles.